The summed E-state index contributed by atoms with van der Waals surface area (Å²) in [5, 5.41) is 5.00. The van der Waals surface area contributed by atoms with Crippen molar-refractivity contribution < 1.29 is 0 Å². The van der Waals surface area contributed by atoms with Gasteiger partial charge in [0.25, 0.3) is 0 Å². The molecule has 81 valence electrons. The summed E-state index contributed by atoms with van der Waals surface area (Å²) in [7, 11) is 0. The van der Waals surface area contributed by atoms with Crippen LogP contribution in [0.5, 0.6) is 0 Å². The van der Waals surface area contributed by atoms with Crippen LogP contribution in [-0.2, 0) is 0 Å². The molecular weight excluding hydrogens is 204 g/mol. The normalized spacial score (nSPS) is 10.9. The molecule has 0 atom stereocenters. The highest BCUT2D eigenvalue weighted by molar-refractivity contribution is 6.02. The van der Waals surface area contributed by atoms with Crippen LogP contribution in [0.15, 0.2) is 54.6 Å². The lowest BCUT2D eigenvalue weighted by molar-refractivity contribution is 1.64. The van der Waals surface area contributed by atoms with E-state index in [1.54, 1.807) is 0 Å². The van der Waals surface area contributed by atoms with Crippen molar-refractivity contribution in [3.63, 3.8) is 0 Å². The number of hydrogen-bond donors (Lipinski definition) is 0. The van der Waals surface area contributed by atoms with E-state index in [0.29, 0.717) is 0 Å². The Balaban J connectivity index is 2.47. The van der Waals surface area contributed by atoms with Gasteiger partial charge < -0.3 is 0 Å². The van der Waals surface area contributed by atoms with Gasteiger partial charge in [0, 0.05) is 0 Å². The second-order valence-electron chi connectivity index (χ2n) is 4.41. The van der Waals surface area contributed by atoms with Crippen molar-refractivity contribution in [2.45, 2.75) is 6.92 Å². The zero-order valence-corrected chi connectivity index (χ0v) is 9.77. The summed E-state index contributed by atoms with van der Waals surface area (Å²) in [5.74, 6) is 0. The summed E-state index contributed by atoms with van der Waals surface area (Å²) < 4.78 is 0. The fourth-order valence-electron chi connectivity index (χ4n) is 2.31. The van der Waals surface area contributed by atoms with E-state index in [2.05, 4.69) is 54.6 Å². The van der Waals surface area contributed by atoms with Gasteiger partial charge in [0.05, 0.1) is 0 Å². The van der Waals surface area contributed by atoms with Gasteiger partial charge in [-0.2, -0.15) is 0 Å². The van der Waals surface area contributed by atoms with E-state index in [-0.39, 0.29) is 0 Å². The number of hydrogen-bond acceptors (Lipinski definition) is 0. The maximum absolute atomic E-state index is 5.94. The lowest BCUT2D eigenvalue weighted by Crippen LogP contribution is -1.83. The average Bonchev–Trinajstić information content (AvgIpc) is 2.35. The van der Waals surface area contributed by atoms with Gasteiger partial charge in [0.1, 0.15) is 0 Å². The Bertz CT molecular complexity index is 720. The summed E-state index contributed by atoms with van der Waals surface area (Å²) in [6, 6.07) is 19.1. The van der Waals surface area contributed by atoms with E-state index >= 15 is 0 Å². The van der Waals surface area contributed by atoms with E-state index in [0.717, 1.165) is 11.1 Å². The van der Waals surface area contributed by atoms with E-state index in [1.165, 1.54) is 21.5 Å². The highest BCUT2D eigenvalue weighted by Crippen LogP contribution is 2.28. The van der Waals surface area contributed by atoms with E-state index in [9.17, 15) is 0 Å². The van der Waals surface area contributed by atoms with Gasteiger partial charge in [-0.1, -0.05) is 49.0 Å². The fraction of sp³-hybridized carbons (Fsp3) is 0.0588. The van der Waals surface area contributed by atoms with Crippen LogP contribution in [0.4, 0.5) is 0 Å². The van der Waals surface area contributed by atoms with Crippen LogP contribution in [0.3, 0.4) is 0 Å². The summed E-state index contributed by atoms with van der Waals surface area (Å²) in [4.78, 5) is 0. The third-order valence-corrected chi connectivity index (χ3v) is 3.17. The monoisotopic (exact) mass is 217 g/mol. The first-order chi connectivity index (χ1) is 8.25. The van der Waals surface area contributed by atoms with E-state index < -0.39 is 0 Å². The van der Waals surface area contributed by atoms with Crippen molar-refractivity contribution in [2.75, 3.05) is 0 Å². The first-order valence-electron chi connectivity index (χ1n) is 5.76. The first-order valence-corrected chi connectivity index (χ1v) is 5.76. The first kappa shape index (κ1) is 10.1. The van der Waals surface area contributed by atoms with Gasteiger partial charge in [-0.05, 0) is 51.7 Å². The van der Waals surface area contributed by atoms with Gasteiger partial charge in [-0.25, -0.2) is 0 Å². The van der Waals surface area contributed by atoms with Crippen LogP contribution in [-0.4, -0.2) is 0 Å². The second-order valence-corrected chi connectivity index (χ2v) is 4.41. The quantitative estimate of drug-likeness (QED) is 0.512. The van der Waals surface area contributed by atoms with Crippen molar-refractivity contribution in [3.05, 3.63) is 66.7 Å². The zero-order valence-electron chi connectivity index (χ0n) is 9.77. The van der Waals surface area contributed by atoms with E-state index in [4.69, 9.17) is 6.58 Å². The van der Waals surface area contributed by atoms with Gasteiger partial charge in [0.2, 0.25) is 0 Å². The largest absolute Gasteiger partial charge is 0.0616 e. The van der Waals surface area contributed by atoms with Crippen LogP contribution < -0.4 is 0 Å². The molecule has 0 aliphatic carbocycles. The van der Waals surface area contributed by atoms with Crippen LogP contribution in [0, 0.1) is 6.58 Å². The van der Waals surface area contributed by atoms with Crippen molar-refractivity contribution in [1.82, 2.24) is 0 Å². The third kappa shape index (κ3) is 1.62. The molecular formula is C17H13. The molecule has 0 N–H and O–H groups in total. The smallest absolute Gasteiger partial charge is 0.0102 e. The molecule has 3 aromatic carbocycles. The van der Waals surface area contributed by atoms with Crippen LogP contribution >= 0.6 is 0 Å². The molecule has 0 nitrogen and oxygen atoms in total. The topological polar surface area (TPSA) is 0 Å². The number of rotatable bonds is 1. The predicted molar refractivity (Wildman–Crippen MR) is 74.8 cm³/mol. The summed E-state index contributed by atoms with van der Waals surface area (Å²) in [6.45, 7) is 7.89. The zero-order chi connectivity index (χ0) is 11.8. The van der Waals surface area contributed by atoms with Crippen molar-refractivity contribution in [1.29, 1.82) is 0 Å². The third-order valence-electron chi connectivity index (χ3n) is 3.17. The standard InChI is InChI=1S/C17H13/c1-12(2)16-9-5-8-15-10-13-6-3-4-7-14(13)11-17(15)16/h1,3-11H,2H3. The Morgan fingerprint density at radius 2 is 1.47 bits per heavy atom. The SMILES string of the molecule is [CH]=C(C)c1cccc2cc3ccccc3cc12. The molecule has 0 saturated heterocycles. The Morgan fingerprint density at radius 3 is 2.18 bits per heavy atom. The molecule has 0 aromatic heterocycles. The molecule has 0 fully saturated rings. The van der Waals surface area contributed by atoms with E-state index in [1.807, 2.05) is 6.92 Å². The Hall–Kier alpha value is -2.08. The maximum atomic E-state index is 5.94. The van der Waals surface area contributed by atoms with Crippen molar-refractivity contribution in [2.24, 2.45) is 0 Å². The molecule has 1 radical (unpaired) electrons. The van der Waals surface area contributed by atoms with Gasteiger partial charge in [-0.3, -0.25) is 0 Å². The number of fused-ring (bicyclic) bond motifs is 2. The van der Waals surface area contributed by atoms with Crippen molar-refractivity contribution in [3.8, 4) is 0 Å². The molecule has 0 spiro atoms. The van der Waals surface area contributed by atoms with Crippen LogP contribution in [0.1, 0.15) is 12.5 Å². The van der Waals surface area contributed by atoms with Crippen LogP contribution in [0.2, 0.25) is 0 Å². The molecule has 3 rings (SSSR count). The predicted octanol–water partition coefficient (Wildman–Crippen LogP) is 4.83. The molecule has 0 heterocycles. The minimum Gasteiger partial charge on any atom is -0.0616 e. The Kier molecular flexibility index (Phi) is 2.22. The lowest BCUT2D eigenvalue weighted by Gasteiger charge is -2.07. The Morgan fingerprint density at radius 1 is 0.824 bits per heavy atom. The lowest BCUT2D eigenvalue weighted by atomic mass is 9.97. The molecule has 0 amide bonds. The van der Waals surface area contributed by atoms with Gasteiger partial charge in [-0.15, -0.1) is 0 Å². The molecule has 0 aliphatic rings. The summed E-state index contributed by atoms with van der Waals surface area (Å²) in [6.07, 6.45) is 0. The molecule has 17 heavy (non-hydrogen) atoms. The minimum atomic E-state index is 0.867. The summed E-state index contributed by atoms with van der Waals surface area (Å²) >= 11 is 0. The molecule has 0 heteroatoms. The highest BCUT2D eigenvalue weighted by atomic mass is 14.1. The van der Waals surface area contributed by atoms with Gasteiger partial charge >= 0.3 is 0 Å². The number of allylic oxidation sites excluding steroid dienone is 1. The Labute approximate surface area is 101 Å². The number of benzene rings is 3. The molecule has 0 saturated carbocycles. The minimum absolute atomic E-state index is 0.867. The highest BCUT2D eigenvalue weighted by Gasteiger charge is 2.03. The molecule has 0 bridgehead atoms. The molecule has 0 aliphatic heterocycles. The fourth-order valence-corrected chi connectivity index (χ4v) is 2.31. The van der Waals surface area contributed by atoms with Gasteiger partial charge in [0.15, 0.2) is 0 Å². The molecule has 0 unspecified atom stereocenters. The summed E-state index contributed by atoms with van der Waals surface area (Å²) in [5.41, 5.74) is 2.00. The van der Waals surface area contributed by atoms with Crippen molar-refractivity contribution >= 4 is 27.1 Å². The van der Waals surface area contributed by atoms with Crippen LogP contribution in [0.25, 0.3) is 27.1 Å². The second kappa shape index (κ2) is 3.74. The maximum Gasteiger partial charge on any atom is -0.0102 e. The molecule has 3 aromatic rings. The average molecular weight is 217 g/mol.